The average molecular weight is 604 g/mol. The smallest absolute Gasteiger partial charge is 0.234 e. The first-order valence-electron chi connectivity index (χ1n) is 15.2. The largest absolute Gasteiger partial charge is 0.493 e. The maximum Gasteiger partial charge on any atom is 0.234 e. The molecule has 44 heavy (non-hydrogen) atoms. The Bertz CT molecular complexity index is 1410. The van der Waals surface area contributed by atoms with Crippen molar-refractivity contribution in [3.8, 4) is 23.0 Å². The van der Waals surface area contributed by atoms with Crippen LogP contribution in [-0.4, -0.2) is 58.2 Å². The number of anilines is 1. The number of unbranched alkanes of at least 4 members (excludes halogenated alkanes) is 2. The summed E-state index contributed by atoms with van der Waals surface area (Å²) in [5.41, 5.74) is 5.09. The number of carbonyl (C=O) groups is 2. The van der Waals surface area contributed by atoms with Gasteiger partial charge in [-0.2, -0.15) is 0 Å². The normalized spacial score (nSPS) is 14.3. The van der Waals surface area contributed by atoms with Crippen LogP contribution in [0.15, 0.2) is 54.6 Å². The molecule has 0 bridgehead atoms. The Hall–Kier alpha value is -4.24. The number of methoxy groups -OCH3 is 4. The van der Waals surface area contributed by atoms with Gasteiger partial charge in [-0.3, -0.25) is 14.5 Å². The van der Waals surface area contributed by atoms with Crippen LogP contribution in [0.5, 0.6) is 23.0 Å². The Morgan fingerprint density at radius 1 is 0.795 bits per heavy atom. The molecule has 0 radical (unpaired) electrons. The monoisotopic (exact) mass is 603 g/mol. The zero-order valence-corrected chi connectivity index (χ0v) is 26.5. The number of ether oxygens (including phenoxy) is 4. The van der Waals surface area contributed by atoms with E-state index in [1.165, 1.54) is 5.56 Å². The molecule has 1 atom stereocenters. The summed E-state index contributed by atoms with van der Waals surface area (Å²) in [6.45, 7) is 3.49. The van der Waals surface area contributed by atoms with Gasteiger partial charge in [0.15, 0.2) is 23.0 Å². The van der Waals surface area contributed by atoms with Crippen LogP contribution in [0.2, 0.25) is 0 Å². The number of amides is 2. The summed E-state index contributed by atoms with van der Waals surface area (Å²) in [4.78, 5) is 27.6. The van der Waals surface area contributed by atoms with Crippen molar-refractivity contribution in [3.05, 3.63) is 76.9 Å². The van der Waals surface area contributed by atoms with Crippen LogP contribution in [0, 0.1) is 0 Å². The second-order valence-corrected chi connectivity index (χ2v) is 11.0. The zero-order chi connectivity index (χ0) is 31.5. The van der Waals surface area contributed by atoms with E-state index in [4.69, 9.17) is 18.9 Å². The van der Waals surface area contributed by atoms with Gasteiger partial charge >= 0.3 is 0 Å². The lowest BCUT2D eigenvalue weighted by Crippen LogP contribution is -2.43. The minimum absolute atomic E-state index is 0.0290. The summed E-state index contributed by atoms with van der Waals surface area (Å²) >= 11 is 0. The third kappa shape index (κ3) is 8.44. The van der Waals surface area contributed by atoms with Crippen LogP contribution in [-0.2, 0) is 29.0 Å². The molecule has 0 spiro atoms. The second-order valence-electron chi connectivity index (χ2n) is 11.0. The summed E-state index contributed by atoms with van der Waals surface area (Å²) in [5.74, 6) is 2.67. The zero-order valence-electron chi connectivity index (χ0n) is 26.5. The first kappa shape index (κ1) is 32.7. The van der Waals surface area contributed by atoms with Crippen LogP contribution < -0.4 is 29.6 Å². The summed E-state index contributed by atoms with van der Waals surface area (Å²) < 4.78 is 22.2. The lowest BCUT2D eigenvalue weighted by atomic mass is 9.88. The van der Waals surface area contributed by atoms with Gasteiger partial charge in [-0.25, -0.2) is 0 Å². The number of hydrogen-bond acceptors (Lipinski definition) is 7. The van der Waals surface area contributed by atoms with E-state index in [2.05, 4.69) is 22.5 Å². The molecule has 9 heteroatoms. The highest BCUT2D eigenvalue weighted by atomic mass is 16.5. The Morgan fingerprint density at radius 3 is 2.14 bits per heavy atom. The topological polar surface area (TPSA) is 98.4 Å². The molecule has 1 aliphatic rings. The molecule has 236 valence electrons. The van der Waals surface area contributed by atoms with Gasteiger partial charge in [-0.05, 0) is 77.9 Å². The molecule has 2 amide bonds. The lowest BCUT2D eigenvalue weighted by molar-refractivity contribution is -0.123. The Balaban J connectivity index is 1.45. The van der Waals surface area contributed by atoms with Gasteiger partial charge < -0.3 is 29.6 Å². The van der Waals surface area contributed by atoms with Crippen molar-refractivity contribution in [3.63, 3.8) is 0 Å². The molecule has 1 aliphatic heterocycles. The van der Waals surface area contributed by atoms with Crippen LogP contribution in [0.1, 0.15) is 60.9 Å². The number of nitrogens with zero attached hydrogens (tertiary/aromatic N) is 1. The van der Waals surface area contributed by atoms with E-state index in [0.717, 1.165) is 54.6 Å². The van der Waals surface area contributed by atoms with Gasteiger partial charge in [0, 0.05) is 31.2 Å². The molecular formula is C35H45N3O6. The third-order valence-corrected chi connectivity index (χ3v) is 8.07. The summed E-state index contributed by atoms with van der Waals surface area (Å²) in [7, 11) is 6.53. The standard InChI is InChI=1S/C35H45N3O6/c1-6-7-8-9-34(39)37-27-13-10-24(11-14-27)22-36-35(40)23-38-17-16-26-20-32(43-4)33(44-5)21-28(26)29(38)18-25-12-15-30(41-2)31(19-25)42-3/h10-15,19-21,29H,6-9,16-18,22-23H2,1-5H3,(H,36,40)(H,37,39). The highest BCUT2D eigenvalue weighted by Crippen LogP contribution is 2.40. The molecule has 0 fully saturated rings. The van der Waals surface area contributed by atoms with Crippen LogP contribution in [0.25, 0.3) is 0 Å². The van der Waals surface area contributed by atoms with Crippen molar-refractivity contribution in [2.24, 2.45) is 0 Å². The fourth-order valence-corrected chi connectivity index (χ4v) is 5.65. The number of rotatable bonds is 15. The van der Waals surface area contributed by atoms with E-state index in [1.807, 2.05) is 54.6 Å². The van der Waals surface area contributed by atoms with Crippen molar-refractivity contribution >= 4 is 17.5 Å². The molecule has 3 aromatic rings. The summed E-state index contributed by atoms with van der Waals surface area (Å²) in [6.07, 6.45) is 5.02. The number of hydrogen-bond donors (Lipinski definition) is 2. The molecule has 1 heterocycles. The van der Waals surface area contributed by atoms with Gasteiger partial charge in [-0.15, -0.1) is 0 Å². The molecule has 0 aliphatic carbocycles. The van der Waals surface area contributed by atoms with Gasteiger partial charge in [0.1, 0.15) is 0 Å². The average Bonchev–Trinajstić information content (AvgIpc) is 3.04. The molecule has 0 saturated heterocycles. The van der Waals surface area contributed by atoms with E-state index < -0.39 is 0 Å². The van der Waals surface area contributed by atoms with Gasteiger partial charge in [-0.1, -0.05) is 38.0 Å². The predicted octanol–water partition coefficient (Wildman–Crippen LogP) is 5.70. The SMILES string of the molecule is CCCCCC(=O)Nc1ccc(CNC(=O)CN2CCc3cc(OC)c(OC)cc3C2Cc2ccc(OC)c(OC)c2)cc1. The molecule has 9 nitrogen and oxygen atoms in total. The number of fused-ring (bicyclic) bond motifs is 1. The van der Waals surface area contributed by atoms with Crippen LogP contribution in [0.3, 0.4) is 0 Å². The van der Waals surface area contributed by atoms with Gasteiger partial charge in [0.2, 0.25) is 11.8 Å². The molecule has 4 rings (SSSR count). The fourth-order valence-electron chi connectivity index (χ4n) is 5.65. The lowest BCUT2D eigenvalue weighted by Gasteiger charge is -2.37. The first-order chi connectivity index (χ1) is 21.4. The Kier molecular flexibility index (Phi) is 11.9. The van der Waals surface area contributed by atoms with Crippen molar-refractivity contribution in [2.45, 2.75) is 58.0 Å². The molecule has 0 aromatic heterocycles. The van der Waals surface area contributed by atoms with E-state index >= 15 is 0 Å². The Labute approximate surface area is 260 Å². The molecule has 0 saturated carbocycles. The Morgan fingerprint density at radius 2 is 1.45 bits per heavy atom. The highest BCUT2D eigenvalue weighted by Gasteiger charge is 2.31. The predicted molar refractivity (Wildman–Crippen MR) is 172 cm³/mol. The fraction of sp³-hybridized carbons (Fsp3) is 0.429. The minimum Gasteiger partial charge on any atom is -0.493 e. The van der Waals surface area contributed by atoms with Crippen LogP contribution in [0.4, 0.5) is 5.69 Å². The molecule has 1 unspecified atom stereocenters. The highest BCUT2D eigenvalue weighted by molar-refractivity contribution is 5.90. The van der Waals surface area contributed by atoms with Gasteiger partial charge in [0.05, 0.1) is 35.0 Å². The first-order valence-corrected chi connectivity index (χ1v) is 15.2. The molecule has 2 N–H and O–H groups in total. The van der Waals surface area contributed by atoms with Crippen molar-refractivity contribution < 1.29 is 28.5 Å². The van der Waals surface area contributed by atoms with Crippen molar-refractivity contribution in [2.75, 3.05) is 46.8 Å². The molecule has 3 aromatic carbocycles. The van der Waals surface area contributed by atoms with E-state index in [0.29, 0.717) is 42.4 Å². The number of benzene rings is 3. The second kappa shape index (κ2) is 16.0. The van der Waals surface area contributed by atoms with E-state index in [1.54, 1.807) is 28.4 Å². The van der Waals surface area contributed by atoms with Gasteiger partial charge in [0.25, 0.3) is 0 Å². The third-order valence-electron chi connectivity index (χ3n) is 8.07. The van der Waals surface area contributed by atoms with E-state index in [9.17, 15) is 9.59 Å². The van der Waals surface area contributed by atoms with Crippen molar-refractivity contribution in [1.29, 1.82) is 0 Å². The number of carbonyl (C=O) groups excluding carboxylic acids is 2. The minimum atomic E-state index is -0.0670. The van der Waals surface area contributed by atoms with E-state index in [-0.39, 0.29) is 24.4 Å². The molecular weight excluding hydrogens is 558 g/mol. The maximum absolute atomic E-state index is 13.2. The number of nitrogens with one attached hydrogen (secondary N) is 2. The van der Waals surface area contributed by atoms with Crippen LogP contribution >= 0.6 is 0 Å². The maximum atomic E-state index is 13.2. The summed E-state index contributed by atoms with van der Waals surface area (Å²) in [6, 6.07) is 17.6. The van der Waals surface area contributed by atoms with Crippen molar-refractivity contribution in [1.82, 2.24) is 10.2 Å². The quantitative estimate of drug-likeness (QED) is 0.215. The summed E-state index contributed by atoms with van der Waals surface area (Å²) in [5, 5.41) is 6.02.